The summed E-state index contributed by atoms with van der Waals surface area (Å²) in [6, 6.07) is 2.43. The van der Waals surface area contributed by atoms with Gasteiger partial charge in [-0.25, -0.2) is 4.98 Å². The van der Waals surface area contributed by atoms with Gasteiger partial charge in [0.25, 0.3) is 0 Å². The van der Waals surface area contributed by atoms with Crippen molar-refractivity contribution in [1.82, 2.24) is 10.3 Å². The SMILES string of the molecule is O=C(Cc1ccc(Cl)nc1F)N[C@H]1CCC1=O. The molecule has 0 aliphatic heterocycles. The van der Waals surface area contributed by atoms with Crippen LogP contribution in [0.5, 0.6) is 0 Å². The van der Waals surface area contributed by atoms with Crippen molar-refractivity contribution in [1.29, 1.82) is 0 Å². The van der Waals surface area contributed by atoms with Gasteiger partial charge in [-0.1, -0.05) is 17.7 Å². The van der Waals surface area contributed by atoms with E-state index in [0.717, 1.165) is 0 Å². The van der Waals surface area contributed by atoms with Crippen LogP contribution in [0.15, 0.2) is 12.1 Å². The Bertz CT molecular complexity index is 479. The molecule has 1 fully saturated rings. The summed E-state index contributed by atoms with van der Waals surface area (Å²) in [5, 5.41) is 2.58. The van der Waals surface area contributed by atoms with Crippen LogP contribution in [0, 0.1) is 5.95 Å². The van der Waals surface area contributed by atoms with Crippen LogP contribution in [0.2, 0.25) is 5.15 Å². The predicted octanol–water partition coefficient (Wildman–Crippen LogP) is 1.26. The average Bonchev–Trinajstić information content (AvgIpc) is 2.28. The number of hydrogen-bond acceptors (Lipinski definition) is 3. The minimum atomic E-state index is -0.757. The van der Waals surface area contributed by atoms with E-state index in [-0.39, 0.29) is 28.8 Å². The lowest BCUT2D eigenvalue weighted by molar-refractivity contribution is -0.131. The van der Waals surface area contributed by atoms with Crippen LogP contribution in [-0.2, 0) is 16.0 Å². The summed E-state index contributed by atoms with van der Waals surface area (Å²) in [7, 11) is 0. The minimum absolute atomic E-state index is 0.0213. The van der Waals surface area contributed by atoms with E-state index in [1.165, 1.54) is 12.1 Å². The molecule has 0 aromatic carbocycles. The molecule has 0 radical (unpaired) electrons. The van der Waals surface area contributed by atoms with E-state index >= 15 is 0 Å². The molecule has 1 N–H and O–H groups in total. The molecule has 90 valence electrons. The van der Waals surface area contributed by atoms with Crippen molar-refractivity contribution in [3.63, 3.8) is 0 Å². The van der Waals surface area contributed by atoms with E-state index < -0.39 is 12.0 Å². The third-order valence-electron chi connectivity index (χ3n) is 2.65. The van der Waals surface area contributed by atoms with Crippen molar-refractivity contribution in [2.75, 3.05) is 0 Å². The van der Waals surface area contributed by atoms with Crippen LogP contribution in [0.4, 0.5) is 4.39 Å². The molecule has 1 amide bonds. The smallest absolute Gasteiger partial charge is 0.225 e. The Morgan fingerprint density at radius 2 is 2.35 bits per heavy atom. The number of hydrogen-bond donors (Lipinski definition) is 1. The molecule has 1 saturated carbocycles. The minimum Gasteiger partial charge on any atom is -0.346 e. The Balaban J connectivity index is 1.95. The van der Waals surface area contributed by atoms with Gasteiger partial charge in [0.2, 0.25) is 11.9 Å². The number of rotatable bonds is 3. The number of Topliss-reactive ketones (excluding diaryl/α,β-unsaturated/α-hetero) is 1. The molecular formula is C11H10ClFN2O2. The summed E-state index contributed by atoms with van der Waals surface area (Å²) in [5.41, 5.74) is 0.165. The lowest BCUT2D eigenvalue weighted by Crippen LogP contribution is -2.47. The highest BCUT2D eigenvalue weighted by Crippen LogP contribution is 2.15. The zero-order valence-corrected chi connectivity index (χ0v) is 9.63. The Hall–Kier alpha value is -1.49. The zero-order valence-electron chi connectivity index (χ0n) is 8.87. The van der Waals surface area contributed by atoms with Gasteiger partial charge in [0, 0.05) is 12.0 Å². The Morgan fingerprint density at radius 1 is 1.59 bits per heavy atom. The fourth-order valence-corrected chi connectivity index (χ4v) is 1.69. The quantitative estimate of drug-likeness (QED) is 0.829. The molecule has 1 aromatic rings. The lowest BCUT2D eigenvalue weighted by Gasteiger charge is -2.24. The molecule has 4 nitrogen and oxygen atoms in total. The van der Waals surface area contributed by atoms with Crippen LogP contribution >= 0.6 is 11.6 Å². The van der Waals surface area contributed by atoms with E-state index in [4.69, 9.17) is 11.6 Å². The van der Waals surface area contributed by atoms with Gasteiger partial charge in [-0.2, -0.15) is 4.39 Å². The molecule has 1 heterocycles. The van der Waals surface area contributed by atoms with Gasteiger partial charge in [-0.15, -0.1) is 0 Å². The van der Waals surface area contributed by atoms with Crippen molar-refractivity contribution in [3.8, 4) is 0 Å². The van der Waals surface area contributed by atoms with E-state index in [9.17, 15) is 14.0 Å². The maximum Gasteiger partial charge on any atom is 0.225 e. The number of aromatic nitrogens is 1. The maximum atomic E-state index is 13.3. The summed E-state index contributed by atoms with van der Waals surface area (Å²) in [6.07, 6.45) is 1.02. The summed E-state index contributed by atoms with van der Waals surface area (Å²) < 4.78 is 13.3. The first-order valence-electron chi connectivity index (χ1n) is 5.19. The standard InChI is InChI=1S/C11H10ClFN2O2/c12-9-4-1-6(11(13)15-9)5-10(17)14-7-2-3-8(7)16/h1,4,7H,2-3,5H2,(H,14,17)/t7-/m0/s1. The van der Waals surface area contributed by atoms with Crippen LogP contribution in [-0.4, -0.2) is 22.7 Å². The molecule has 17 heavy (non-hydrogen) atoms. The molecular weight excluding hydrogens is 247 g/mol. The van der Waals surface area contributed by atoms with E-state index in [1.807, 2.05) is 0 Å². The Labute approximate surface area is 102 Å². The highest BCUT2D eigenvalue weighted by atomic mass is 35.5. The van der Waals surface area contributed by atoms with Gasteiger partial charge in [0.15, 0.2) is 5.78 Å². The number of carbonyl (C=O) groups is 2. The summed E-state index contributed by atoms with van der Waals surface area (Å²) >= 11 is 5.49. The van der Waals surface area contributed by atoms with Crippen molar-refractivity contribution in [3.05, 3.63) is 28.8 Å². The number of pyridine rings is 1. The number of nitrogens with one attached hydrogen (secondary N) is 1. The maximum absolute atomic E-state index is 13.3. The van der Waals surface area contributed by atoms with Crippen LogP contribution in [0.3, 0.4) is 0 Å². The van der Waals surface area contributed by atoms with Gasteiger partial charge >= 0.3 is 0 Å². The van der Waals surface area contributed by atoms with Gasteiger partial charge in [0.05, 0.1) is 12.5 Å². The summed E-state index contributed by atoms with van der Waals surface area (Å²) in [6.45, 7) is 0. The monoisotopic (exact) mass is 256 g/mol. The number of ketones is 1. The van der Waals surface area contributed by atoms with E-state index in [1.54, 1.807) is 0 Å². The zero-order chi connectivity index (χ0) is 12.4. The van der Waals surface area contributed by atoms with E-state index in [0.29, 0.717) is 12.8 Å². The summed E-state index contributed by atoms with van der Waals surface area (Å²) in [4.78, 5) is 25.9. The normalized spacial score (nSPS) is 18.7. The molecule has 0 spiro atoms. The molecule has 2 rings (SSSR count). The van der Waals surface area contributed by atoms with Gasteiger partial charge in [-0.05, 0) is 12.5 Å². The van der Waals surface area contributed by atoms with Crippen LogP contribution < -0.4 is 5.32 Å². The average molecular weight is 257 g/mol. The lowest BCUT2D eigenvalue weighted by atomic mass is 9.91. The van der Waals surface area contributed by atoms with Crippen molar-refractivity contribution < 1.29 is 14.0 Å². The number of carbonyl (C=O) groups excluding carboxylic acids is 2. The molecule has 1 aliphatic rings. The molecule has 6 heteroatoms. The third-order valence-corrected chi connectivity index (χ3v) is 2.86. The van der Waals surface area contributed by atoms with Crippen molar-refractivity contribution in [2.45, 2.75) is 25.3 Å². The van der Waals surface area contributed by atoms with Crippen molar-refractivity contribution in [2.24, 2.45) is 0 Å². The predicted molar refractivity (Wildman–Crippen MR) is 59.1 cm³/mol. The molecule has 0 bridgehead atoms. The second-order valence-corrected chi connectivity index (χ2v) is 4.27. The van der Waals surface area contributed by atoms with Crippen molar-refractivity contribution >= 4 is 23.3 Å². The third kappa shape index (κ3) is 2.79. The summed E-state index contributed by atoms with van der Waals surface area (Å²) in [5.74, 6) is -1.12. The van der Waals surface area contributed by atoms with Crippen LogP contribution in [0.25, 0.3) is 0 Å². The van der Waals surface area contributed by atoms with Gasteiger partial charge in [0.1, 0.15) is 5.15 Å². The number of halogens is 2. The first-order valence-corrected chi connectivity index (χ1v) is 5.57. The number of amides is 1. The first kappa shape index (κ1) is 12.0. The Morgan fingerprint density at radius 3 is 2.88 bits per heavy atom. The second-order valence-electron chi connectivity index (χ2n) is 3.89. The van der Waals surface area contributed by atoms with Gasteiger partial charge < -0.3 is 5.32 Å². The second kappa shape index (κ2) is 4.79. The molecule has 0 unspecified atom stereocenters. The molecule has 1 aromatic heterocycles. The molecule has 1 atom stereocenters. The number of nitrogens with zero attached hydrogens (tertiary/aromatic N) is 1. The topological polar surface area (TPSA) is 59.1 Å². The fraction of sp³-hybridized carbons (Fsp3) is 0.364. The van der Waals surface area contributed by atoms with E-state index in [2.05, 4.69) is 10.3 Å². The molecule has 1 aliphatic carbocycles. The highest BCUT2D eigenvalue weighted by Gasteiger charge is 2.29. The fourth-order valence-electron chi connectivity index (χ4n) is 1.55. The Kier molecular flexibility index (Phi) is 3.38. The van der Waals surface area contributed by atoms with Crippen LogP contribution in [0.1, 0.15) is 18.4 Å². The largest absolute Gasteiger partial charge is 0.346 e. The first-order chi connectivity index (χ1) is 8.06. The molecule has 0 saturated heterocycles. The van der Waals surface area contributed by atoms with Gasteiger partial charge in [-0.3, -0.25) is 9.59 Å². The highest BCUT2D eigenvalue weighted by molar-refractivity contribution is 6.29.